The SMILES string of the molecule is CC1=CC(=O)N(N(C)c2nc(N3CCCC(F)(F)C3)nn3cccc23)C1=O. The summed E-state index contributed by atoms with van der Waals surface area (Å²) in [5.74, 6) is -3.32. The van der Waals surface area contributed by atoms with Gasteiger partial charge in [-0.1, -0.05) is 0 Å². The Morgan fingerprint density at radius 3 is 2.74 bits per heavy atom. The van der Waals surface area contributed by atoms with E-state index in [0.29, 0.717) is 24.1 Å². The van der Waals surface area contributed by atoms with Crippen molar-refractivity contribution < 1.29 is 18.4 Å². The van der Waals surface area contributed by atoms with E-state index >= 15 is 0 Å². The molecule has 1 fully saturated rings. The lowest BCUT2D eigenvalue weighted by Crippen LogP contribution is -2.46. The topological polar surface area (TPSA) is 74.1 Å². The maximum atomic E-state index is 13.8. The quantitative estimate of drug-likeness (QED) is 0.758. The van der Waals surface area contributed by atoms with Crippen LogP contribution in [0.4, 0.5) is 20.5 Å². The molecule has 0 aromatic carbocycles. The van der Waals surface area contributed by atoms with E-state index in [0.717, 1.165) is 5.01 Å². The van der Waals surface area contributed by atoms with Crippen molar-refractivity contribution in [3.8, 4) is 0 Å². The number of amides is 2. The number of imide groups is 1. The molecule has 27 heavy (non-hydrogen) atoms. The van der Waals surface area contributed by atoms with Crippen LogP contribution in [0.5, 0.6) is 0 Å². The third kappa shape index (κ3) is 2.90. The van der Waals surface area contributed by atoms with Crippen LogP contribution in [-0.2, 0) is 9.59 Å². The molecule has 0 spiro atoms. The normalized spacial score (nSPS) is 19.8. The molecule has 2 aliphatic rings. The second-order valence-electron chi connectivity index (χ2n) is 6.76. The molecule has 2 amide bonds. The number of halogens is 2. The third-order valence-corrected chi connectivity index (χ3v) is 4.72. The Hall–Kier alpha value is -3.04. The number of hydrazine groups is 1. The van der Waals surface area contributed by atoms with E-state index in [1.54, 1.807) is 25.3 Å². The number of aromatic nitrogens is 3. The summed E-state index contributed by atoms with van der Waals surface area (Å²) in [4.78, 5) is 30.3. The summed E-state index contributed by atoms with van der Waals surface area (Å²) < 4.78 is 29.2. The van der Waals surface area contributed by atoms with Crippen LogP contribution in [0.15, 0.2) is 30.0 Å². The molecule has 2 aliphatic heterocycles. The number of hydrogen-bond donors (Lipinski definition) is 0. The van der Waals surface area contributed by atoms with E-state index < -0.39 is 24.3 Å². The van der Waals surface area contributed by atoms with Gasteiger partial charge in [-0.3, -0.25) is 14.6 Å². The molecule has 142 valence electrons. The average Bonchev–Trinajstić information content (AvgIpc) is 3.17. The number of rotatable bonds is 3. The van der Waals surface area contributed by atoms with Gasteiger partial charge in [0.1, 0.15) is 5.52 Å². The van der Waals surface area contributed by atoms with Crippen molar-refractivity contribution in [1.29, 1.82) is 0 Å². The van der Waals surface area contributed by atoms with Crippen molar-refractivity contribution in [2.45, 2.75) is 25.7 Å². The van der Waals surface area contributed by atoms with E-state index in [4.69, 9.17) is 0 Å². The first-order valence-corrected chi connectivity index (χ1v) is 8.55. The second-order valence-corrected chi connectivity index (χ2v) is 6.76. The average molecular weight is 376 g/mol. The van der Waals surface area contributed by atoms with Crippen LogP contribution < -0.4 is 9.91 Å². The van der Waals surface area contributed by atoms with Crippen LogP contribution in [0.3, 0.4) is 0 Å². The molecule has 10 heteroatoms. The number of fused-ring (bicyclic) bond motifs is 1. The molecule has 0 unspecified atom stereocenters. The van der Waals surface area contributed by atoms with E-state index in [9.17, 15) is 18.4 Å². The second kappa shape index (κ2) is 6.00. The summed E-state index contributed by atoms with van der Waals surface area (Å²) in [5, 5.41) is 6.62. The molecule has 2 aromatic rings. The predicted molar refractivity (Wildman–Crippen MR) is 93.4 cm³/mol. The van der Waals surface area contributed by atoms with Gasteiger partial charge in [0.2, 0.25) is 5.95 Å². The number of carbonyl (C=O) groups excluding carboxylic acids is 2. The highest BCUT2D eigenvalue weighted by molar-refractivity contribution is 6.16. The largest absolute Gasteiger partial charge is 0.333 e. The minimum absolute atomic E-state index is 0.128. The van der Waals surface area contributed by atoms with Crippen LogP contribution >= 0.6 is 0 Å². The van der Waals surface area contributed by atoms with E-state index in [1.165, 1.54) is 27.5 Å². The first-order chi connectivity index (χ1) is 12.8. The van der Waals surface area contributed by atoms with Gasteiger partial charge in [0, 0.05) is 37.9 Å². The van der Waals surface area contributed by atoms with Crippen molar-refractivity contribution in [1.82, 2.24) is 19.6 Å². The van der Waals surface area contributed by atoms with Gasteiger partial charge in [-0.25, -0.2) is 13.3 Å². The van der Waals surface area contributed by atoms with E-state index in [-0.39, 0.29) is 18.2 Å². The Labute approximate surface area is 153 Å². The first kappa shape index (κ1) is 17.4. The van der Waals surface area contributed by atoms with Crippen molar-refractivity contribution in [2.75, 3.05) is 30.0 Å². The molecule has 0 radical (unpaired) electrons. The number of carbonyl (C=O) groups is 2. The molecule has 4 rings (SSSR count). The van der Waals surface area contributed by atoms with Crippen molar-refractivity contribution >= 4 is 29.1 Å². The number of piperidine rings is 1. The zero-order chi connectivity index (χ0) is 19.3. The highest BCUT2D eigenvalue weighted by atomic mass is 19.3. The zero-order valence-electron chi connectivity index (χ0n) is 14.9. The maximum absolute atomic E-state index is 13.8. The fourth-order valence-electron chi connectivity index (χ4n) is 3.37. The van der Waals surface area contributed by atoms with Crippen molar-refractivity contribution in [2.24, 2.45) is 0 Å². The van der Waals surface area contributed by atoms with Gasteiger partial charge in [0.05, 0.1) is 6.54 Å². The van der Waals surface area contributed by atoms with Crippen LogP contribution in [0, 0.1) is 0 Å². The lowest BCUT2D eigenvalue weighted by molar-refractivity contribution is -0.137. The minimum atomic E-state index is -2.80. The maximum Gasteiger partial charge on any atom is 0.275 e. The number of hydrogen-bond acceptors (Lipinski definition) is 6. The third-order valence-electron chi connectivity index (χ3n) is 4.72. The standard InChI is InChI=1S/C17H18F2N6O2/c1-11-9-13(26)25(15(11)27)22(2)14-12-5-3-8-24(12)21-16(20-14)23-7-4-6-17(18,19)10-23/h3,5,8-9H,4,6-7,10H2,1-2H3. The molecule has 1 saturated heterocycles. The van der Waals surface area contributed by atoms with Crippen LogP contribution in [0.25, 0.3) is 5.52 Å². The number of alkyl halides is 2. The number of nitrogens with zero attached hydrogens (tertiary/aromatic N) is 6. The molecule has 4 heterocycles. The Balaban J connectivity index is 1.75. The van der Waals surface area contributed by atoms with Crippen LogP contribution in [0.2, 0.25) is 0 Å². The molecule has 0 bridgehead atoms. The Kier molecular flexibility index (Phi) is 3.86. The highest BCUT2D eigenvalue weighted by Gasteiger charge is 2.37. The molecular formula is C17H18F2N6O2. The molecule has 8 nitrogen and oxygen atoms in total. The van der Waals surface area contributed by atoms with Gasteiger partial charge < -0.3 is 4.90 Å². The van der Waals surface area contributed by atoms with Gasteiger partial charge in [-0.05, 0) is 25.5 Å². The molecule has 0 atom stereocenters. The summed E-state index contributed by atoms with van der Waals surface area (Å²) >= 11 is 0. The molecule has 2 aromatic heterocycles. The zero-order valence-corrected chi connectivity index (χ0v) is 14.9. The fourth-order valence-corrected chi connectivity index (χ4v) is 3.37. The van der Waals surface area contributed by atoms with E-state index in [1.807, 2.05) is 0 Å². The van der Waals surface area contributed by atoms with Gasteiger partial charge in [-0.2, -0.15) is 9.99 Å². The van der Waals surface area contributed by atoms with Gasteiger partial charge in [-0.15, -0.1) is 5.10 Å². The summed E-state index contributed by atoms with van der Waals surface area (Å²) in [5.41, 5.74) is 0.873. The van der Waals surface area contributed by atoms with Crippen molar-refractivity contribution in [3.63, 3.8) is 0 Å². The van der Waals surface area contributed by atoms with Gasteiger partial charge in [0.25, 0.3) is 17.7 Å². The van der Waals surface area contributed by atoms with E-state index in [2.05, 4.69) is 10.1 Å². The Morgan fingerprint density at radius 1 is 1.30 bits per heavy atom. The van der Waals surface area contributed by atoms with Crippen LogP contribution in [0.1, 0.15) is 19.8 Å². The Bertz CT molecular complexity index is 969. The molecule has 0 N–H and O–H groups in total. The Morgan fingerprint density at radius 2 is 2.07 bits per heavy atom. The minimum Gasteiger partial charge on any atom is -0.333 e. The van der Waals surface area contributed by atoms with Crippen molar-refractivity contribution in [3.05, 3.63) is 30.0 Å². The first-order valence-electron chi connectivity index (χ1n) is 8.55. The van der Waals surface area contributed by atoms with Gasteiger partial charge in [0.15, 0.2) is 5.82 Å². The summed E-state index contributed by atoms with van der Waals surface area (Å²) in [6.45, 7) is 1.50. The number of anilines is 2. The summed E-state index contributed by atoms with van der Waals surface area (Å²) in [6, 6.07) is 3.46. The fraction of sp³-hybridized carbons (Fsp3) is 0.412. The molecule has 0 saturated carbocycles. The smallest absolute Gasteiger partial charge is 0.275 e. The molecule has 0 aliphatic carbocycles. The van der Waals surface area contributed by atoms with Gasteiger partial charge >= 0.3 is 0 Å². The molecular weight excluding hydrogens is 358 g/mol. The monoisotopic (exact) mass is 376 g/mol. The summed E-state index contributed by atoms with van der Waals surface area (Å²) in [7, 11) is 1.53. The predicted octanol–water partition coefficient (Wildman–Crippen LogP) is 1.63. The lowest BCUT2D eigenvalue weighted by atomic mass is 10.1. The lowest BCUT2D eigenvalue weighted by Gasteiger charge is -2.33. The summed E-state index contributed by atoms with van der Waals surface area (Å²) in [6.07, 6.45) is 3.08. The highest BCUT2D eigenvalue weighted by Crippen LogP contribution is 2.30. The van der Waals surface area contributed by atoms with Crippen LogP contribution in [-0.4, -0.2) is 57.5 Å².